The smallest absolute Gasteiger partial charge is 0.340 e. The zero-order chi connectivity index (χ0) is 14.3. The van der Waals surface area contributed by atoms with E-state index in [9.17, 15) is 22.8 Å². The second-order valence-corrected chi connectivity index (χ2v) is 6.21. The molecule has 0 bridgehead atoms. The molecule has 4 nitrogen and oxygen atoms in total. The van der Waals surface area contributed by atoms with E-state index in [2.05, 4.69) is 5.32 Å². The van der Waals surface area contributed by atoms with Gasteiger partial charge in [0.15, 0.2) is 0 Å². The van der Waals surface area contributed by atoms with Gasteiger partial charge in [0, 0.05) is 12.3 Å². The van der Waals surface area contributed by atoms with Crippen molar-refractivity contribution in [2.45, 2.75) is 30.8 Å². The average molecular weight is 296 g/mol. The predicted molar refractivity (Wildman–Crippen MR) is 64.4 cm³/mol. The quantitative estimate of drug-likeness (QED) is 0.852. The number of piperazine rings is 1. The lowest BCUT2D eigenvalue weighted by molar-refractivity contribution is -0.149. The highest BCUT2D eigenvalue weighted by atomic mass is 32.2. The summed E-state index contributed by atoms with van der Waals surface area (Å²) in [5.74, 6) is -0.700. The molecule has 19 heavy (non-hydrogen) atoms. The van der Waals surface area contributed by atoms with E-state index in [0.717, 1.165) is 12.8 Å². The number of alkyl halides is 3. The van der Waals surface area contributed by atoms with Gasteiger partial charge in [-0.05, 0) is 37.4 Å². The number of halogens is 3. The number of carbonyl (C=O) groups is 2. The van der Waals surface area contributed by atoms with Crippen LogP contribution in [-0.4, -0.2) is 46.6 Å². The van der Waals surface area contributed by atoms with E-state index in [0.29, 0.717) is 0 Å². The molecule has 1 unspecified atom stereocenters. The Labute approximate surface area is 113 Å². The third-order valence-electron chi connectivity index (χ3n) is 3.49. The molecule has 0 aromatic rings. The molecule has 1 saturated carbocycles. The molecule has 1 aliphatic heterocycles. The number of carbonyl (C=O) groups excluding carboxylic acids is 2. The van der Waals surface area contributed by atoms with Crippen LogP contribution in [-0.2, 0) is 9.59 Å². The Morgan fingerprint density at radius 2 is 2.05 bits per heavy atom. The van der Waals surface area contributed by atoms with E-state index >= 15 is 0 Å². The summed E-state index contributed by atoms with van der Waals surface area (Å²) < 4.78 is 36.2. The Kier molecular flexibility index (Phi) is 3.72. The van der Waals surface area contributed by atoms with Crippen LogP contribution in [0.3, 0.4) is 0 Å². The largest absolute Gasteiger partial charge is 0.441 e. The van der Waals surface area contributed by atoms with Gasteiger partial charge in [0.25, 0.3) is 0 Å². The van der Waals surface area contributed by atoms with Gasteiger partial charge in [-0.1, -0.05) is 0 Å². The molecule has 0 spiro atoms. The summed E-state index contributed by atoms with van der Waals surface area (Å²) >= 11 is -0.171. The van der Waals surface area contributed by atoms with E-state index in [4.69, 9.17) is 0 Å². The minimum atomic E-state index is -4.30. The molecular formula is C11H15F3N2O2S. The Bertz CT molecular complexity index is 398. The topological polar surface area (TPSA) is 49.4 Å². The van der Waals surface area contributed by atoms with Crippen molar-refractivity contribution in [3.05, 3.63) is 0 Å². The molecule has 2 fully saturated rings. The summed E-state index contributed by atoms with van der Waals surface area (Å²) in [6.45, 7) is 1.45. The lowest BCUT2D eigenvalue weighted by atomic mass is 9.91. The first-order chi connectivity index (χ1) is 8.72. The fourth-order valence-electron chi connectivity index (χ4n) is 2.35. The molecule has 0 radical (unpaired) electrons. The number of hydrogen-bond donors (Lipinski definition) is 1. The monoisotopic (exact) mass is 296 g/mol. The first-order valence-corrected chi connectivity index (χ1v) is 7.02. The summed E-state index contributed by atoms with van der Waals surface area (Å²) in [7, 11) is 0. The fourth-order valence-corrected chi connectivity index (χ4v) is 2.89. The van der Waals surface area contributed by atoms with Crippen molar-refractivity contribution in [2.75, 3.05) is 18.8 Å². The highest BCUT2D eigenvalue weighted by Crippen LogP contribution is 2.41. The lowest BCUT2D eigenvalue weighted by Crippen LogP contribution is -2.66. The number of nitrogens with one attached hydrogen (secondary N) is 1. The molecule has 108 valence electrons. The molecule has 2 aliphatic rings. The second kappa shape index (κ2) is 4.88. The van der Waals surface area contributed by atoms with Gasteiger partial charge in [0.2, 0.25) is 11.8 Å². The number of thioether (sulfide) groups is 1. The summed E-state index contributed by atoms with van der Waals surface area (Å²) in [5.41, 5.74) is -5.24. The van der Waals surface area contributed by atoms with Crippen LogP contribution in [0.1, 0.15) is 19.8 Å². The average Bonchev–Trinajstić information content (AvgIpc) is 3.07. The summed E-state index contributed by atoms with van der Waals surface area (Å²) in [6.07, 6.45) is 1.74. The van der Waals surface area contributed by atoms with Gasteiger partial charge >= 0.3 is 5.51 Å². The van der Waals surface area contributed by atoms with Crippen LogP contribution in [0.5, 0.6) is 0 Å². The molecule has 1 aliphatic carbocycles. The molecule has 8 heteroatoms. The number of hydrogen-bond acceptors (Lipinski definition) is 3. The molecule has 0 aromatic carbocycles. The SMILES string of the molecule is CC1(C2CC2)NC(=O)CN(CCSC(F)(F)F)C1=O. The van der Waals surface area contributed by atoms with Crippen LogP contribution in [0.15, 0.2) is 0 Å². The van der Waals surface area contributed by atoms with Crippen LogP contribution in [0.25, 0.3) is 0 Å². The highest BCUT2D eigenvalue weighted by molar-refractivity contribution is 8.00. The second-order valence-electron chi connectivity index (χ2n) is 5.05. The van der Waals surface area contributed by atoms with Gasteiger partial charge in [0.1, 0.15) is 5.54 Å². The first kappa shape index (κ1) is 14.5. The van der Waals surface area contributed by atoms with Crippen molar-refractivity contribution in [3.63, 3.8) is 0 Å². The van der Waals surface area contributed by atoms with E-state index < -0.39 is 11.0 Å². The molecule has 1 saturated heterocycles. The lowest BCUT2D eigenvalue weighted by Gasteiger charge is -2.40. The highest BCUT2D eigenvalue weighted by Gasteiger charge is 2.52. The van der Waals surface area contributed by atoms with Crippen molar-refractivity contribution < 1.29 is 22.8 Å². The van der Waals surface area contributed by atoms with Gasteiger partial charge in [-0.2, -0.15) is 13.2 Å². The standard InChI is InChI=1S/C11H15F3N2O2S/c1-10(7-2-3-7)9(18)16(6-8(17)15-10)4-5-19-11(12,13)14/h7H,2-6H2,1H3,(H,15,17). The van der Waals surface area contributed by atoms with Crippen molar-refractivity contribution in [3.8, 4) is 0 Å². The van der Waals surface area contributed by atoms with Crippen LogP contribution in [0.4, 0.5) is 13.2 Å². The summed E-state index contributed by atoms with van der Waals surface area (Å²) in [5, 5.41) is 2.68. The van der Waals surface area contributed by atoms with Crippen LogP contribution < -0.4 is 5.32 Å². The maximum absolute atomic E-state index is 12.3. The Balaban J connectivity index is 1.96. The number of amides is 2. The fraction of sp³-hybridized carbons (Fsp3) is 0.818. The Hall–Kier alpha value is -0.920. The summed E-state index contributed by atoms with van der Waals surface area (Å²) in [6, 6.07) is 0. The van der Waals surface area contributed by atoms with E-state index in [1.807, 2.05) is 0 Å². The van der Waals surface area contributed by atoms with Crippen molar-refractivity contribution in [1.82, 2.24) is 10.2 Å². The van der Waals surface area contributed by atoms with Crippen molar-refractivity contribution in [2.24, 2.45) is 5.92 Å². The molecule has 1 atom stereocenters. The maximum atomic E-state index is 12.3. The molecule has 2 rings (SSSR count). The van der Waals surface area contributed by atoms with E-state index in [1.165, 1.54) is 4.90 Å². The maximum Gasteiger partial charge on any atom is 0.441 e. The number of rotatable bonds is 4. The van der Waals surface area contributed by atoms with Crippen LogP contribution in [0, 0.1) is 5.92 Å². The third kappa shape index (κ3) is 3.34. The zero-order valence-electron chi connectivity index (χ0n) is 10.4. The molecule has 1 heterocycles. The normalized spacial score (nSPS) is 28.5. The minimum absolute atomic E-state index is 0.0568. The van der Waals surface area contributed by atoms with Gasteiger partial charge in [-0.25, -0.2) is 0 Å². The van der Waals surface area contributed by atoms with Crippen molar-refractivity contribution >= 4 is 23.6 Å². The van der Waals surface area contributed by atoms with Crippen LogP contribution in [0.2, 0.25) is 0 Å². The van der Waals surface area contributed by atoms with Gasteiger partial charge in [-0.3, -0.25) is 9.59 Å². The molecule has 1 N–H and O–H groups in total. The zero-order valence-corrected chi connectivity index (χ0v) is 11.2. The van der Waals surface area contributed by atoms with Crippen molar-refractivity contribution in [1.29, 1.82) is 0 Å². The van der Waals surface area contributed by atoms with Gasteiger partial charge < -0.3 is 10.2 Å². The molecule has 2 amide bonds. The third-order valence-corrected chi connectivity index (χ3v) is 4.20. The van der Waals surface area contributed by atoms with Gasteiger partial charge in [0.05, 0.1) is 6.54 Å². The Morgan fingerprint density at radius 3 is 2.58 bits per heavy atom. The van der Waals surface area contributed by atoms with E-state index in [1.54, 1.807) is 6.92 Å². The van der Waals surface area contributed by atoms with E-state index in [-0.39, 0.29) is 48.3 Å². The Morgan fingerprint density at radius 1 is 1.42 bits per heavy atom. The molecule has 0 aromatic heterocycles. The van der Waals surface area contributed by atoms with Gasteiger partial charge in [-0.15, -0.1) is 0 Å². The number of nitrogens with zero attached hydrogens (tertiary/aromatic N) is 1. The first-order valence-electron chi connectivity index (χ1n) is 6.03. The minimum Gasteiger partial charge on any atom is -0.340 e. The molecular weight excluding hydrogens is 281 g/mol. The predicted octanol–water partition coefficient (Wildman–Crippen LogP) is 1.37. The summed E-state index contributed by atoms with van der Waals surface area (Å²) in [4.78, 5) is 25.1. The van der Waals surface area contributed by atoms with Crippen LogP contribution >= 0.6 is 11.8 Å².